The minimum Gasteiger partial charge on any atom is -0.515 e. The summed E-state index contributed by atoms with van der Waals surface area (Å²) in [6.45, 7) is 4.92. The Balaban J connectivity index is 2.06. The Bertz CT molecular complexity index is 968. The number of piperidine rings is 1. The Morgan fingerprint density at radius 1 is 1.30 bits per heavy atom. The third-order valence-corrected chi connectivity index (χ3v) is 7.39. The fraction of sp³-hybridized carbons (Fsp3) is 0.500. The van der Waals surface area contributed by atoms with Crippen molar-refractivity contribution in [3.63, 3.8) is 0 Å². The molecule has 0 radical (unpaired) electrons. The predicted octanol–water partition coefficient (Wildman–Crippen LogP) is 2.82. The van der Waals surface area contributed by atoms with Crippen molar-refractivity contribution in [3.05, 3.63) is 41.1 Å². The zero-order valence-electron chi connectivity index (χ0n) is 17.0. The summed E-state index contributed by atoms with van der Waals surface area (Å²) in [5.74, 6) is -0.278. The molecule has 8 nitrogen and oxygen atoms in total. The molecule has 3 unspecified atom stereocenters. The standard InChI is InChI=1S/C20H25ClN2O6S/c1-20(2,3)29-19(26)23-10-16-15(11-24)17(25)8-13(22-16)9-18(23)30(27,28)14-6-4-12(21)5-7-14/h4-7,11,13,16,18,22,24H,8-10H2,1-3H3/b15-11-. The molecule has 2 saturated heterocycles. The van der Waals surface area contributed by atoms with Crippen LogP contribution in [-0.2, 0) is 19.4 Å². The number of fused-ring (bicyclic) bond motifs is 2. The molecule has 1 amide bonds. The van der Waals surface area contributed by atoms with Crippen LogP contribution in [0.3, 0.4) is 0 Å². The molecule has 2 aliphatic heterocycles. The molecule has 0 aliphatic carbocycles. The molecule has 2 aliphatic rings. The highest BCUT2D eigenvalue weighted by atomic mass is 35.5. The summed E-state index contributed by atoms with van der Waals surface area (Å²) in [4.78, 5) is 26.5. The first kappa shape index (κ1) is 22.6. The molecule has 3 rings (SSSR count). The van der Waals surface area contributed by atoms with Gasteiger partial charge in [0.25, 0.3) is 0 Å². The van der Waals surface area contributed by atoms with Gasteiger partial charge in [0, 0.05) is 29.6 Å². The Hall–Kier alpha value is -2.10. The summed E-state index contributed by atoms with van der Waals surface area (Å²) in [6.07, 6.45) is -0.0514. The van der Waals surface area contributed by atoms with Crippen LogP contribution in [0.4, 0.5) is 4.79 Å². The number of ether oxygens (including phenoxy) is 1. The average Bonchev–Trinajstić information content (AvgIpc) is 2.78. The van der Waals surface area contributed by atoms with E-state index in [0.29, 0.717) is 5.02 Å². The van der Waals surface area contributed by atoms with Crippen molar-refractivity contribution >= 4 is 33.3 Å². The van der Waals surface area contributed by atoms with Crippen molar-refractivity contribution in [3.8, 4) is 0 Å². The van der Waals surface area contributed by atoms with Gasteiger partial charge in [-0.2, -0.15) is 0 Å². The zero-order valence-corrected chi connectivity index (χ0v) is 18.5. The molecule has 1 aromatic carbocycles. The predicted molar refractivity (Wildman–Crippen MR) is 111 cm³/mol. The van der Waals surface area contributed by atoms with Gasteiger partial charge >= 0.3 is 6.09 Å². The minimum absolute atomic E-state index is 0.00511. The number of rotatable bonds is 2. The molecule has 2 heterocycles. The van der Waals surface area contributed by atoms with E-state index >= 15 is 0 Å². The summed E-state index contributed by atoms with van der Waals surface area (Å²) in [5, 5.41) is 11.8. The lowest BCUT2D eigenvalue weighted by Gasteiger charge is -2.33. The number of hydrogen-bond donors (Lipinski definition) is 2. The van der Waals surface area contributed by atoms with Crippen molar-refractivity contribution < 1.29 is 27.9 Å². The van der Waals surface area contributed by atoms with Crippen LogP contribution in [0.1, 0.15) is 33.6 Å². The summed E-state index contributed by atoms with van der Waals surface area (Å²) in [5.41, 5.74) is -0.726. The molecule has 2 N–H and O–H groups in total. The minimum atomic E-state index is -4.00. The van der Waals surface area contributed by atoms with E-state index in [9.17, 15) is 23.1 Å². The van der Waals surface area contributed by atoms with E-state index < -0.39 is 39.0 Å². The second-order valence-corrected chi connectivity index (χ2v) is 11.0. The van der Waals surface area contributed by atoms with Crippen LogP contribution in [0.25, 0.3) is 0 Å². The summed E-state index contributed by atoms with van der Waals surface area (Å²) in [6, 6.07) is 4.55. The van der Waals surface area contributed by atoms with Crippen LogP contribution in [-0.4, -0.2) is 59.9 Å². The van der Waals surface area contributed by atoms with Gasteiger partial charge in [0.15, 0.2) is 15.6 Å². The van der Waals surface area contributed by atoms with Crippen LogP contribution < -0.4 is 5.32 Å². The number of nitrogens with zero attached hydrogens (tertiary/aromatic N) is 1. The van der Waals surface area contributed by atoms with Gasteiger partial charge in [-0.05, 0) is 51.5 Å². The number of nitrogens with one attached hydrogen (secondary N) is 1. The van der Waals surface area contributed by atoms with Gasteiger partial charge in [-0.15, -0.1) is 0 Å². The molecule has 0 spiro atoms. The number of carbonyl (C=O) groups is 2. The van der Waals surface area contributed by atoms with Crippen molar-refractivity contribution in [1.82, 2.24) is 10.2 Å². The van der Waals surface area contributed by atoms with E-state index in [-0.39, 0.29) is 35.6 Å². The average molecular weight is 457 g/mol. The van der Waals surface area contributed by atoms with E-state index in [0.717, 1.165) is 11.2 Å². The van der Waals surface area contributed by atoms with Gasteiger partial charge in [0.05, 0.1) is 17.2 Å². The summed E-state index contributed by atoms with van der Waals surface area (Å²) >= 11 is 5.89. The maximum Gasteiger partial charge on any atom is 0.411 e. The lowest BCUT2D eigenvalue weighted by atomic mass is 9.92. The zero-order chi connectivity index (χ0) is 22.3. The van der Waals surface area contributed by atoms with E-state index in [1.807, 2.05) is 0 Å². The lowest BCUT2D eigenvalue weighted by Crippen LogP contribution is -2.51. The molecule has 164 valence electrons. The molecular formula is C20H25ClN2O6S. The number of halogens is 1. The first-order valence-electron chi connectivity index (χ1n) is 9.55. The quantitative estimate of drug-likeness (QED) is 0.519. The van der Waals surface area contributed by atoms with Gasteiger partial charge in [-0.1, -0.05) is 11.6 Å². The topological polar surface area (TPSA) is 113 Å². The third-order valence-electron chi connectivity index (χ3n) is 5.05. The third kappa shape index (κ3) is 4.63. The van der Waals surface area contributed by atoms with Crippen LogP contribution in [0.5, 0.6) is 0 Å². The van der Waals surface area contributed by atoms with Gasteiger partial charge in [-0.25, -0.2) is 13.2 Å². The second-order valence-electron chi connectivity index (χ2n) is 8.45. The molecular weight excluding hydrogens is 432 g/mol. The molecule has 2 fully saturated rings. The highest BCUT2D eigenvalue weighted by Gasteiger charge is 2.46. The number of sulfone groups is 1. The SMILES string of the molecule is CC(C)(C)OC(=O)N1CC2NC(CC(=O)/C2=C\O)CC1S(=O)(=O)c1ccc(Cl)cc1. The number of carbonyl (C=O) groups excluding carboxylic acids is 2. The second kappa shape index (κ2) is 8.20. The normalized spacial score (nSPS) is 26.4. The molecule has 30 heavy (non-hydrogen) atoms. The van der Waals surface area contributed by atoms with Crippen LogP contribution in [0.2, 0.25) is 5.02 Å². The Kier molecular flexibility index (Phi) is 6.18. The van der Waals surface area contributed by atoms with E-state index in [1.165, 1.54) is 24.3 Å². The number of hydrogen-bond acceptors (Lipinski definition) is 7. The fourth-order valence-electron chi connectivity index (χ4n) is 3.71. The molecule has 0 aromatic heterocycles. The van der Waals surface area contributed by atoms with E-state index in [2.05, 4.69) is 5.32 Å². The largest absolute Gasteiger partial charge is 0.515 e. The van der Waals surface area contributed by atoms with Crippen LogP contribution in [0, 0.1) is 0 Å². The Morgan fingerprint density at radius 3 is 2.50 bits per heavy atom. The van der Waals surface area contributed by atoms with Gasteiger partial charge in [0.2, 0.25) is 0 Å². The first-order valence-corrected chi connectivity index (χ1v) is 11.5. The first-order chi connectivity index (χ1) is 13.9. The number of amides is 1. The van der Waals surface area contributed by atoms with Gasteiger partial charge < -0.3 is 15.2 Å². The number of aliphatic hydroxyl groups excluding tert-OH is 1. The van der Waals surface area contributed by atoms with E-state index in [4.69, 9.17) is 16.3 Å². The Morgan fingerprint density at radius 2 is 1.93 bits per heavy atom. The van der Waals surface area contributed by atoms with Crippen molar-refractivity contribution in [2.45, 2.75) is 61.6 Å². The van der Waals surface area contributed by atoms with Gasteiger partial charge in [0.1, 0.15) is 11.0 Å². The molecule has 10 heteroatoms. The lowest BCUT2D eigenvalue weighted by molar-refractivity contribution is -0.117. The van der Waals surface area contributed by atoms with Crippen LogP contribution in [0.15, 0.2) is 41.0 Å². The van der Waals surface area contributed by atoms with E-state index in [1.54, 1.807) is 20.8 Å². The smallest absolute Gasteiger partial charge is 0.411 e. The Labute approximate surface area is 180 Å². The maximum atomic E-state index is 13.5. The van der Waals surface area contributed by atoms with Crippen molar-refractivity contribution in [2.75, 3.05) is 6.54 Å². The number of Topliss-reactive ketones (excluding diaryl/α,β-unsaturated/α-hetero) is 1. The monoisotopic (exact) mass is 456 g/mol. The number of aliphatic hydroxyl groups is 1. The highest BCUT2D eigenvalue weighted by Crippen LogP contribution is 2.32. The summed E-state index contributed by atoms with van der Waals surface area (Å²) in [7, 11) is -4.00. The molecule has 2 bridgehead atoms. The highest BCUT2D eigenvalue weighted by molar-refractivity contribution is 7.92. The van der Waals surface area contributed by atoms with Crippen molar-refractivity contribution in [2.24, 2.45) is 0 Å². The molecule has 0 saturated carbocycles. The van der Waals surface area contributed by atoms with Crippen LogP contribution >= 0.6 is 11.6 Å². The van der Waals surface area contributed by atoms with Gasteiger partial charge in [-0.3, -0.25) is 9.69 Å². The van der Waals surface area contributed by atoms with Crippen molar-refractivity contribution in [1.29, 1.82) is 0 Å². The summed E-state index contributed by atoms with van der Waals surface area (Å²) < 4.78 is 32.4. The maximum absolute atomic E-state index is 13.5. The molecule has 1 aromatic rings. The number of benzene rings is 1. The fourth-order valence-corrected chi connectivity index (χ4v) is 5.66. The molecule has 3 atom stereocenters. The number of ketones is 1.